The molecule has 1 atom stereocenters. The summed E-state index contributed by atoms with van der Waals surface area (Å²) in [6.07, 6.45) is 0. The lowest BCUT2D eigenvalue weighted by Crippen LogP contribution is -2.41. The first kappa shape index (κ1) is 22.2. The molecule has 1 aliphatic heterocycles. The maximum atomic E-state index is 14.4. The third kappa shape index (κ3) is 3.38. The average Bonchev–Trinajstić information content (AvgIpc) is 3.21. The maximum Gasteiger partial charge on any atom is 0.332 e. The van der Waals surface area contributed by atoms with Crippen molar-refractivity contribution in [1.29, 1.82) is 0 Å². The van der Waals surface area contributed by atoms with Gasteiger partial charge in [0.25, 0.3) is 5.56 Å². The van der Waals surface area contributed by atoms with E-state index >= 15 is 0 Å². The van der Waals surface area contributed by atoms with Crippen LogP contribution in [0.2, 0.25) is 5.02 Å². The van der Waals surface area contributed by atoms with Gasteiger partial charge < -0.3 is 14.2 Å². The van der Waals surface area contributed by atoms with Gasteiger partial charge in [0.1, 0.15) is 11.6 Å². The standard InChI is InChI=1S/C24H23ClFN5O3/c1-14-11-29(18-9-4-5-10-19(18)34-3)23-27-21-20(30(23)12-14)22(32)31(24(33)28(21)2)13-15-16(25)7-6-8-17(15)26/h4-10,14H,11-13H2,1-3H3/t14-/m0/s1. The molecule has 34 heavy (non-hydrogen) atoms. The number of benzene rings is 2. The van der Waals surface area contributed by atoms with E-state index in [0.717, 1.165) is 10.3 Å². The van der Waals surface area contributed by atoms with Crippen molar-refractivity contribution in [1.82, 2.24) is 18.7 Å². The summed E-state index contributed by atoms with van der Waals surface area (Å²) in [5, 5.41) is 0.153. The zero-order chi connectivity index (χ0) is 24.1. The molecule has 0 aliphatic carbocycles. The number of imidazole rings is 1. The van der Waals surface area contributed by atoms with Gasteiger partial charge >= 0.3 is 5.69 Å². The largest absolute Gasteiger partial charge is 0.495 e. The molecule has 0 bridgehead atoms. The lowest BCUT2D eigenvalue weighted by Gasteiger charge is -2.33. The van der Waals surface area contributed by atoms with Crippen LogP contribution in [0.3, 0.4) is 0 Å². The van der Waals surface area contributed by atoms with Crippen molar-refractivity contribution in [2.24, 2.45) is 13.0 Å². The minimum Gasteiger partial charge on any atom is -0.495 e. The van der Waals surface area contributed by atoms with Gasteiger partial charge in [-0.15, -0.1) is 0 Å². The van der Waals surface area contributed by atoms with Crippen LogP contribution in [0, 0.1) is 11.7 Å². The Balaban J connectivity index is 1.75. The van der Waals surface area contributed by atoms with Crippen LogP contribution in [0.25, 0.3) is 11.2 Å². The number of para-hydroxylation sites is 2. The predicted molar refractivity (Wildman–Crippen MR) is 129 cm³/mol. The van der Waals surface area contributed by atoms with E-state index in [4.69, 9.17) is 21.3 Å². The zero-order valence-corrected chi connectivity index (χ0v) is 19.7. The van der Waals surface area contributed by atoms with E-state index in [9.17, 15) is 14.0 Å². The second-order valence-electron chi connectivity index (χ2n) is 8.52. The van der Waals surface area contributed by atoms with E-state index in [-0.39, 0.29) is 34.2 Å². The van der Waals surface area contributed by atoms with Crippen molar-refractivity contribution in [2.75, 3.05) is 18.6 Å². The van der Waals surface area contributed by atoms with Gasteiger partial charge in [0.2, 0.25) is 5.95 Å². The summed E-state index contributed by atoms with van der Waals surface area (Å²) in [6.45, 7) is 3.01. The number of aromatic nitrogens is 4. The lowest BCUT2D eigenvalue weighted by molar-refractivity contribution is 0.409. The highest BCUT2D eigenvalue weighted by molar-refractivity contribution is 6.31. The molecule has 4 aromatic rings. The lowest BCUT2D eigenvalue weighted by atomic mass is 10.1. The smallest absolute Gasteiger partial charge is 0.332 e. The molecule has 0 fully saturated rings. The first-order valence-corrected chi connectivity index (χ1v) is 11.2. The van der Waals surface area contributed by atoms with E-state index in [2.05, 4.69) is 6.92 Å². The molecule has 5 rings (SSSR count). The molecule has 2 aromatic heterocycles. The average molecular weight is 484 g/mol. The summed E-state index contributed by atoms with van der Waals surface area (Å²) >= 11 is 6.17. The number of ether oxygens (including phenoxy) is 1. The SMILES string of the molecule is COc1ccccc1N1C[C@H](C)Cn2c1nc1c2c(=O)n(Cc2c(F)cccc2Cl)c(=O)n1C. The van der Waals surface area contributed by atoms with Crippen molar-refractivity contribution >= 4 is 34.4 Å². The fourth-order valence-electron chi connectivity index (χ4n) is 4.54. The van der Waals surface area contributed by atoms with Gasteiger partial charge in [-0.3, -0.25) is 13.9 Å². The fraction of sp³-hybridized carbons (Fsp3) is 0.292. The van der Waals surface area contributed by atoms with Gasteiger partial charge in [-0.25, -0.2) is 9.18 Å². The fourth-order valence-corrected chi connectivity index (χ4v) is 4.76. The molecule has 0 amide bonds. The highest BCUT2D eigenvalue weighted by atomic mass is 35.5. The second-order valence-corrected chi connectivity index (χ2v) is 8.92. The van der Waals surface area contributed by atoms with E-state index < -0.39 is 17.1 Å². The molecule has 0 saturated heterocycles. The van der Waals surface area contributed by atoms with Gasteiger partial charge in [-0.2, -0.15) is 4.98 Å². The molecule has 0 saturated carbocycles. The van der Waals surface area contributed by atoms with Gasteiger partial charge in [-0.1, -0.05) is 36.7 Å². The molecule has 0 unspecified atom stereocenters. The normalized spacial score (nSPS) is 15.6. The number of hydrogen-bond acceptors (Lipinski definition) is 5. The summed E-state index contributed by atoms with van der Waals surface area (Å²) in [7, 11) is 3.16. The Morgan fingerprint density at radius 2 is 1.91 bits per heavy atom. The summed E-state index contributed by atoms with van der Waals surface area (Å²) in [4.78, 5) is 33.5. The number of methoxy groups -OCH3 is 1. The first-order valence-electron chi connectivity index (χ1n) is 10.8. The monoisotopic (exact) mass is 483 g/mol. The van der Waals surface area contributed by atoms with Gasteiger partial charge in [0.05, 0.1) is 19.3 Å². The highest BCUT2D eigenvalue weighted by Crippen LogP contribution is 2.37. The molecular weight excluding hydrogens is 461 g/mol. The Hall–Kier alpha value is -3.59. The predicted octanol–water partition coefficient (Wildman–Crippen LogP) is 3.53. The van der Waals surface area contributed by atoms with Crippen LogP contribution in [-0.2, 0) is 20.1 Å². The Kier molecular flexibility index (Phi) is 5.44. The van der Waals surface area contributed by atoms with Crippen molar-refractivity contribution in [3.05, 3.63) is 79.7 Å². The van der Waals surface area contributed by atoms with Crippen LogP contribution < -0.4 is 20.9 Å². The van der Waals surface area contributed by atoms with Gasteiger partial charge in [0.15, 0.2) is 11.2 Å². The van der Waals surface area contributed by atoms with Crippen LogP contribution in [0.15, 0.2) is 52.1 Å². The molecule has 0 N–H and O–H groups in total. The quantitative estimate of drug-likeness (QED) is 0.444. The number of rotatable bonds is 4. The minimum atomic E-state index is -0.593. The molecule has 0 radical (unpaired) electrons. The molecule has 1 aliphatic rings. The summed E-state index contributed by atoms with van der Waals surface area (Å²) in [5.41, 5.74) is 0.335. The topological polar surface area (TPSA) is 74.3 Å². The van der Waals surface area contributed by atoms with Crippen molar-refractivity contribution in [2.45, 2.75) is 20.0 Å². The summed E-state index contributed by atoms with van der Waals surface area (Å²) in [5.74, 6) is 0.829. The molecule has 176 valence electrons. The summed E-state index contributed by atoms with van der Waals surface area (Å²) < 4.78 is 24.2. The van der Waals surface area contributed by atoms with Crippen molar-refractivity contribution in [3.63, 3.8) is 0 Å². The van der Waals surface area contributed by atoms with Crippen LogP contribution in [-0.4, -0.2) is 32.3 Å². The number of nitrogens with zero attached hydrogens (tertiary/aromatic N) is 5. The highest BCUT2D eigenvalue weighted by Gasteiger charge is 2.31. The number of halogens is 2. The molecule has 10 heteroatoms. The third-order valence-electron chi connectivity index (χ3n) is 6.20. The Morgan fingerprint density at radius 3 is 2.65 bits per heavy atom. The number of anilines is 2. The van der Waals surface area contributed by atoms with E-state index in [1.165, 1.54) is 22.8 Å². The van der Waals surface area contributed by atoms with Crippen LogP contribution in [0.4, 0.5) is 16.0 Å². The number of aryl methyl sites for hydroxylation is 1. The van der Waals surface area contributed by atoms with Crippen molar-refractivity contribution < 1.29 is 9.13 Å². The summed E-state index contributed by atoms with van der Waals surface area (Å²) in [6, 6.07) is 11.8. The number of hydrogen-bond donors (Lipinski definition) is 0. The molecular formula is C24H23ClFN5O3. The second kappa shape index (κ2) is 8.32. The van der Waals surface area contributed by atoms with Gasteiger partial charge in [-0.05, 0) is 30.2 Å². The van der Waals surface area contributed by atoms with Crippen LogP contribution >= 0.6 is 11.6 Å². The third-order valence-corrected chi connectivity index (χ3v) is 6.55. The zero-order valence-electron chi connectivity index (χ0n) is 19.0. The first-order chi connectivity index (χ1) is 16.3. The number of fused-ring (bicyclic) bond motifs is 3. The molecule has 3 heterocycles. The van der Waals surface area contributed by atoms with Crippen molar-refractivity contribution in [3.8, 4) is 5.75 Å². The molecule has 8 nitrogen and oxygen atoms in total. The van der Waals surface area contributed by atoms with Crippen LogP contribution in [0.5, 0.6) is 5.75 Å². The molecule has 0 spiro atoms. The maximum absolute atomic E-state index is 14.4. The van der Waals surface area contributed by atoms with Gasteiger partial charge in [0, 0.05) is 30.7 Å². The van der Waals surface area contributed by atoms with E-state index in [1.807, 2.05) is 33.7 Å². The Labute approximate surface area is 199 Å². The van der Waals surface area contributed by atoms with E-state index in [0.29, 0.717) is 24.8 Å². The molecule has 2 aromatic carbocycles. The Morgan fingerprint density at radius 1 is 1.15 bits per heavy atom. The van der Waals surface area contributed by atoms with Crippen LogP contribution in [0.1, 0.15) is 12.5 Å². The minimum absolute atomic E-state index is 0.0881. The Bertz CT molecular complexity index is 1520. The van der Waals surface area contributed by atoms with E-state index in [1.54, 1.807) is 14.2 Å².